The molecule has 3 aromatic rings. The summed E-state index contributed by atoms with van der Waals surface area (Å²) in [5.74, 6) is -0.185. The molecule has 2 amide bonds. The molecule has 2 aromatic carbocycles. The van der Waals surface area contributed by atoms with Crippen molar-refractivity contribution in [2.75, 3.05) is 13.1 Å². The van der Waals surface area contributed by atoms with Crippen molar-refractivity contribution in [1.82, 2.24) is 15.2 Å². The Balaban J connectivity index is 1.41. The number of nitrogens with one attached hydrogen (secondary N) is 1. The first-order chi connectivity index (χ1) is 15.8. The van der Waals surface area contributed by atoms with Gasteiger partial charge in [-0.2, -0.15) is 0 Å². The molecule has 0 saturated carbocycles. The number of likely N-dealkylation sites (tertiary alicyclic amines) is 1. The zero-order chi connectivity index (χ0) is 23.5. The van der Waals surface area contributed by atoms with Crippen molar-refractivity contribution in [3.05, 3.63) is 75.8 Å². The number of amides is 2. The molecule has 33 heavy (non-hydrogen) atoms. The van der Waals surface area contributed by atoms with Gasteiger partial charge in [0.25, 0.3) is 5.91 Å². The van der Waals surface area contributed by atoms with Gasteiger partial charge < -0.3 is 10.2 Å². The smallest absolute Gasteiger partial charge is 0.253 e. The molecule has 1 aliphatic heterocycles. The van der Waals surface area contributed by atoms with Crippen LogP contribution < -0.4 is 5.32 Å². The minimum atomic E-state index is -0.194. The van der Waals surface area contributed by atoms with Gasteiger partial charge in [-0.05, 0) is 52.7 Å². The molecule has 1 fully saturated rings. The number of hydrogen-bond donors (Lipinski definition) is 1. The summed E-state index contributed by atoms with van der Waals surface area (Å²) in [6.45, 7) is 9.23. The van der Waals surface area contributed by atoms with E-state index in [9.17, 15) is 9.59 Å². The number of benzene rings is 2. The van der Waals surface area contributed by atoms with Crippen molar-refractivity contribution in [2.24, 2.45) is 5.92 Å². The quantitative estimate of drug-likeness (QED) is 0.548. The molecule has 0 bridgehead atoms. The highest BCUT2D eigenvalue weighted by molar-refractivity contribution is 7.15. The molecule has 5 nitrogen and oxygen atoms in total. The summed E-state index contributed by atoms with van der Waals surface area (Å²) < 4.78 is 0. The summed E-state index contributed by atoms with van der Waals surface area (Å²) in [5, 5.41) is 4.15. The van der Waals surface area contributed by atoms with Gasteiger partial charge in [0.05, 0.1) is 22.5 Å². The summed E-state index contributed by atoms with van der Waals surface area (Å²) in [7, 11) is 0. The average Bonchev–Trinajstić information content (AvgIpc) is 3.21. The van der Waals surface area contributed by atoms with E-state index in [0.29, 0.717) is 18.7 Å². The normalized spacial score (nSPS) is 17.0. The highest BCUT2D eigenvalue weighted by Crippen LogP contribution is 2.32. The Morgan fingerprint density at radius 3 is 2.33 bits per heavy atom. The predicted octanol–water partition coefficient (Wildman–Crippen LogP) is 5.46. The maximum Gasteiger partial charge on any atom is 0.253 e. The monoisotopic (exact) mass is 461 g/mol. The lowest BCUT2D eigenvalue weighted by Crippen LogP contribution is -2.45. The van der Waals surface area contributed by atoms with Crippen LogP contribution in [0.2, 0.25) is 0 Å². The Labute approximate surface area is 199 Å². The molecule has 0 radical (unpaired) electrons. The fourth-order valence-electron chi connectivity index (χ4n) is 4.28. The number of carbonyl (C=O) groups is 2. The van der Waals surface area contributed by atoms with Gasteiger partial charge in [0, 0.05) is 24.2 Å². The van der Waals surface area contributed by atoms with Crippen LogP contribution in [0.3, 0.4) is 0 Å². The third-order valence-electron chi connectivity index (χ3n) is 6.26. The number of rotatable bonds is 5. The van der Waals surface area contributed by atoms with E-state index in [1.807, 2.05) is 49.9 Å². The summed E-state index contributed by atoms with van der Waals surface area (Å²) in [5.41, 5.74) is 5.06. The minimum Gasteiger partial charge on any atom is -0.348 e. The number of carbonyl (C=O) groups excluding carboxylic acids is 2. The van der Waals surface area contributed by atoms with E-state index in [2.05, 4.69) is 36.5 Å². The van der Waals surface area contributed by atoms with Crippen LogP contribution in [-0.2, 0) is 4.79 Å². The summed E-state index contributed by atoms with van der Waals surface area (Å²) >= 11 is 1.63. The summed E-state index contributed by atoms with van der Waals surface area (Å²) in [6, 6.07) is 15.8. The van der Waals surface area contributed by atoms with Crippen LogP contribution >= 0.6 is 11.3 Å². The molecule has 172 valence electrons. The molecule has 1 N–H and O–H groups in total. The Hall–Kier alpha value is -2.99. The van der Waals surface area contributed by atoms with E-state index in [1.54, 1.807) is 11.3 Å². The van der Waals surface area contributed by atoms with E-state index < -0.39 is 0 Å². The molecule has 2 atom stereocenters. The van der Waals surface area contributed by atoms with Gasteiger partial charge in [0.15, 0.2) is 0 Å². The van der Waals surface area contributed by atoms with E-state index in [-0.39, 0.29) is 23.8 Å². The second-order valence-electron chi connectivity index (χ2n) is 9.02. The maximum atomic E-state index is 13.1. The zero-order valence-corrected chi connectivity index (χ0v) is 20.5. The lowest BCUT2D eigenvalue weighted by atomic mass is 9.96. The van der Waals surface area contributed by atoms with Gasteiger partial charge >= 0.3 is 0 Å². The number of aryl methyl sites for hydroxylation is 3. The summed E-state index contributed by atoms with van der Waals surface area (Å²) in [4.78, 5) is 33.6. The molecule has 1 saturated heterocycles. The van der Waals surface area contributed by atoms with Crippen LogP contribution in [0.5, 0.6) is 0 Å². The van der Waals surface area contributed by atoms with Crippen molar-refractivity contribution < 1.29 is 9.59 Å². The van der Waals surface area contributed by atoms with Crippen molar-refractivity contribution in [3.8, 4) is 10.6 Å². The molecule has 6 heteroatoms. The Kier molecular flexibility index (Phi) is 6.94. The van der Waals surface area contributed by atoms with Crippen LogP contribution in [0, 0.1) is 26.7 Å². The third-order valence-corrected chi connectivity index (χ3v) is 7.65. The van der Waals surface area contributed by atoms with E-state index in [0.717, 1.165) is 39.5 Å². The first-order valence-electron chi connectivity index (χ1n) is 11.5. The zero-order valence-electron chi connectivity index (χ0n) is 19.7. The molecule has 1 aliphatic rings. The second kappa shape index (κ2) is 9.87. The maximum absolute atomic E-state index is 13.1. The van der Waals surface area contributed by atoms with Gasteiger partial charge in [-0.1, -0.05) is 47.5 Å². The molecule has 2 unspecified atom stereocenters. The van der Waals surface area contributed by atoms with Crippen LogP contribution in [-0.4, -0.2) is 34.8 Å². The van der Waals surface area contributed by atoms with Gasteiger partial charge in [-0.25, -0.2) is 4.98 Å². The molecule has 1 aromatic heterocycles. The number of hydrogen-bond acceptors (Lipinski definition) is 4. The first-order valence-corrected chi connectivity index (χ1v) is 12.3. The van der Waals surface area contributed by atoms with Crippen molar-refractivity contribution in [2.45, 2.75) is 46.6 Å². The highest BCUT2D eigenvalue weighted by atomic mass is 32.1. The minimum absolute atomic E-state index is 0.00147. The van der Waals surface area contributed by atoms with E-state index in [1.165, 1.54) is 5.56 Å². The third kappa shape index (κ3) is 5.33. The topological polar surface area (TPSA) is 62.3 Å². The van der Waals surface area contributed by atoms with Crippen LogP contribution in [0.25, 0.3) is 10.6 Å². The number of aromatic nitrogens is 1. The fraction of sp³-hybridized carbons (Fsp3) is 0.370. The largest absolute Gasteiger partial charge is 0.348 e. The van der Waals surface area contributed by atoms with Gasteiger partial charge in [-0.3, -0.25) is 9.59 Å². The molecule has 4 rings (SSSR count). The van der Waals surface area contributed by atoms with Crippen LogP contribution in [0.15, 0.2) is 48.5 Å². The second-order valence-corrected chi connectivity index (χ2v) is 10.1. The van der Waals surface area contributed by atoms with Crippen LogP contribution in [0.1, 0.15) is 57.9 Å². The van der Waals surface area contributed by atoms with Crippen molar-refractivity contribution in [3.63, 3.8) is 0 Å². The molecule has 2 heterocycles. The molecule has 0 aliphatic carbocycles. The highest BCUT2D eigenvalue weighted by Gasteiger charge is 2.30. The molecule has 0 spiro atoms. The number of thiazole rings is 1. The number of piperidine rings is 1. The SMILES string of the molecule is Cc1ccc(C(=O)N2CCCC(C(=O)NC(C)c3sc(-c4ccc(C)cc4)nc3C)C2)cc1. The predicted molar refractivity (Wildman–Crippen MR) is 133 cm³/mol. The average molecular weight is 462 g/mol. The van der Waals surface area contributed by atoms with E-state index >= 15 is 0 Å². The Morgan fingerprint density at radius 2 is 1.67 bits per heavy atom. The lowest BCUT2D eigenvalue weighted by molar-refractivity contribution is -0.127. The molecular formula is C27H31N3O2S. The van der Waals surface area contributed by atoms with Gasteiger partial charge in [0.1, 0.15) is 5.01 Å². The van der Waals surface area contributed by atoms with Crippen molar-refractivity contribution >= 4 is 23.2 Å². The van der Waals surface area contributed by atoms with Gasteiger partial charge in [-0.15, -0.1) is 11.3 Å². The van der Waals surface area contributed by atoms with Crippen LogP contribution in [0.4, 0.5) is 0 Å². The summed E-state index contributed by atoms with van der Waals surface area (Å²) in [6.07, 6.45) is 1.63. The Bertz CT molecular complexity index is 1140. The lowest BCUT2D eigenvalue weighted by Gasteiger charge is -2.32. The standard InChI is InChI=1S/C27H31N3O2S/c1-17-7-11-21(12-8-17)26-29-20(4)24(33-26)19(3)28-25(31)23-6-5-15-30(16-23)27(32)22-13-9-18(2)10-14-22/h7-14,19,23H,5-6,15-16H2,1-4H3,(H,28,31). The van der Waals surface area contributed by atoms with Gasteiger partial charge in [0.2, 0.25) is 5.91 Å². The first kappa shape index (κ1) is 23.2. The molecular weight excluding hydrogens is 430 g/mol. The Morgan fingerprint density at radius 1 is 1.03 bits per heavy atom. The van der Waals surface area contributed by atoms with E-state index in [4.69, 9.17) is 4.98 Å². The van der Waals surface area contributed by atoms with Crippen molar-refractivity contribution in [1.29, 1.82) is 0 Å². The fourth-order valence-corrected chi connectivity index (χ4v) is 5.35. The number of nitrogens with zero attached hydrogens (tertiary/aromatic N) is 2.